The number of alkyl halides is 3. The lowest BCUT2D eigenvalue weighted by Crippen LogP contribution is -2.17. The minimum Gasteiger partial charge on any atom is -0.355 e. The minimum absolute atomic E-state index is 0.146. The summed E-state index contributed by atoms with van der Waals surface area (Å²) in [5.41, 5.74) is 0.795. The molecule has 1 N–H and O–H groups in total. The average Bonchev–Trinajstić information content (AvgIpc) is 2.44. The molecule has 0 bridgehead atoms. The Balaban J connectivity index is 2.60. The van der Waals surface area contributed by atoms with Crippen molar-refractivity contribution >= 4 is 5.95 Å². The highest BCUT2D eigenvalue weighted by atomic mass is 19.4. The Hall–Kier alpha value is -1.20. The Morgan fingerprint density at radius 1 is 1.44 bits per heavy atom. The number of hydrogen-bond acceptors (Lipinski definition) is 2. The zero-order valence-corrected chi connectivity index (χ0v) is 9.60. The number of anilines is 1. The number of aromatic nitrogens is 2. The van der Waals surface area contributed by atoms with Gasteiger partial charge in [-0.25, -0.2) is 4.98 Å². The first-order valence-corrected chi connectivity index (χ1v) is 5.15. The molecule has 0 aliphatic rings. The van der Waals surface area contributed by atoms with E-state index in [-0.39, 0.29) is 12.6 Å². The minimum atomic E-state index is -4.13. The number of nitrogens with one attached hydrogen (secondary N) is 1. The van der Waals surface area contributed by atoms with Crippen molar-refractivity contribution in [3.8, 4) is 0 Å². The number of hydrogen-bond donors (Lipinski definition) is 1. The number of nitrogens with zero attached hydrogens (tertiary/aromatic N) is 2. The molecule has 0 atom stereocenters. The van der Waals surface area contributed by atoms with E-state index in [0.717, 1.165) is 5.69 Å². The van der Waals surface area contributed by atoms with Crippen molar-refractivity contribution in [1.29, 1.82) is 0 Å². The molecule has 0 aromatic carbocycles. The molecule has 0 amide bonds. The molecule has 1 aromatic rings. The molecule has 0 saturated heterocycles. The third-order valence-corrected chi connectivity index (χ3v) is 2.10. The lowest BCUT2D eigenvalue weighted by atomic mass is 10.4. The highest BCUT2D eigenvalue weighted by Crippen LogP contribution is 2.20. The van der Waals surface area contributed by atoms with Crippen LogP contribution in [0.4, 0.5) is 19.1 Å². The van der Waals surface area contributed by atoms with Crippen LogP contribution in [0.15, 0.2) is 6.20 Å². The molecule has 0 aliphatic carbocycles. The summed E-state index contributed by atoms with van der Waals surface area (Å²) in [6, 6.07) is 0.176. The highest BCUT2D eigenvalue weighted by molar-refractivity contribution is 5.29. The van der Waals surface area contributed by atoms with Gasteiger partial charge in [-0.1, -0.05) is 0 Å². The summed E-state index contributed by atoms with van der Waals surface area (Å²) in [6.45, 7) is 5.58. The zero-order valence-electron chi connectivity index (χ0n) is 9.60. The van der Waals surface area contributed by atoms with Crippen LogP contribution in [0, 0.1) is 6.92 Å². The van der Waals surface area contributed by atoms with Crippen LogP contribution in [0.2, 0.25) is 0 Å². The molecular formula is C10H16F3N3. The van der Waals surface area contributed by atoms with Crippen molar-refractivity contribution in [2.24, 2.45) is 0 Å². The summed E-state index contributed by atoms with van der Waals surface area (Å²) in [6.07, 6.45) is -3.16. The predicted molar refractivity (Wildman–Crippen MR) is 56.5 cm³/mol. The van der Waals surface area contributed by atoms with Crippen molar-refractivity contribution in [2.45, 2.75) is 39.4 Å². The van der Waals surface area contributed by atoms with Gasteiger partial charge in [0.1, 0.15) is 0 Å². The fraction of sp³-hybridized carbons (Fsp3) is 0.700. The molecule has 16 heavy (non-hydrogen) atoms. The summed E-state index contributed by atoms with van der Waals surface area (Å²) in [5.74, 6) is 0.497. The van der Waals surface area contributed by atoms with Crippen molar-refractivity contribution in [3.63, 3.8) is 0 Å². The van der Waals surface area contributed by atoms with E-state index >= 15 is 0 Å². The second-order valence-electron chi connectivity index (χ2n) is 4.00. The third kappa shape index (κ3) is 3.75. The quantitative estimate of drug-likeness (QED) is 0.868. The fourth-order valence-electron chi connectivity index (χ4n) is 1.36. The van der Waals surface area contributed by atoms with Gasteiger partial charge in [-0.3, -0.25) is 0 Å². The van der Waals surface area contributed by atoms with Gasteiger partial charge in [-0.05, 0) is 20.8 Å². The highest BCUT2D eigenvalue weighted by Gasteiger charge is 2.26. The number of halogens is 3. The Morgan fingerprint density at radius 3 is 2.56 bits per heavy atom. The van der Waals surface area contributed by atoms with Crippen LogP contribution in [-0.4, -0.2) is 22.3 Å². The largest absolute Gasteiger partial charge is 0.390 e. The Morgan fingerprint density at radius 2 is 2.06 bits per heavy atom. The van der Waals surface area contributed by atoms with Crippen molar-refractivity contribution in [1.82, 2.24) is 9.55 Å². The molecule has 3 nitrogen and oxygen atoms in total. The first kappa shape index (κ1) is 12.9. The molecule has 0 saturated carbocycles. The Kier molecular flexibility index (Phi) is 3.83. The normalized spacial score (nSPS) is 12.2. The molecule has 0 spiro atoms. The smallest absolute Gasteiger partial charge is 0.355 e. The molecule has 0 unspecified atom stereocenters. The van der Waals surface area contributed by atoms with Crippen molar-refractivity contribution < 1.29 is 13.2 Å². The maximum Gasteiger partial charge on any atom is 0.390 e. The summed E-state index contributed by atoms with van der Waals surface area (Å²) < 4.78 is 37.7. The first-order valence-electron chi connectivity index (χ1n) is 5.15. The molecule has 92 valence electrons. The van der Waals surface area contributed by atoms with Crippen LogP contribution in [0.3, 0.4) is 0 Å². The molecular weight excluding hydrogens is 219 g/mol. The van der Waals surface area contributed by atoms with E-state index in [2.05, 4.69) is 10.3 Å². The summed E-state index contributed by atoms with van der Waals surface area (Å²) in [4.78, 5) is 4.14. The SMILES string of the molecule is Cc1cn(C(C)C)c(NCCC(F)(F)F)n1. The van der Waals surface area contributed by atoms with E-state index in [9.17, 15) is 13.2 Å². The van der Waals surface area contributed by atoms with Crippen molar-refractivity contribution in [2.75, 3.05) is 11.9 Å². The topological polar surface area (TPSA) is 29.9 Å². The lowest BCUT2D eigenvalue weighted by Gasteiger charge is -2.13. The summed E-state index contributed by atoms with van der Waals surface area (Å²) >= 11 is 0. The number of rotatable bonds is 4. The Labute approximate surface area is 92.7 Å². The van der Waals surface area contributed by atoms with Crippen LogP contribution in [0.1, 0.15) is 32.0 Å². The van der Waals surface area contributed by atoms with Gasteiger partial charge in [-0.15, -0.1) is 0 Å². The van der Waals surface area contributed by atoms with Crippen LogP contribution < -0.4 is 5.32 Å². The van der Waals surface area contributed by atoms with Gasteiger partial charge >= 0.3 is 6.18 Å². The summed E-state index contributed by atoms with van der Waals surface area (Å²) in [5, 5.41) is 2.70. The van der Waals surface area contributed by atoms with Gasteiger partial charge in [0.05, 0.1) is 12.1 Å². The first-order chi connectivity index (χ1) is 7.29. The predicted octanol–water partition coefficient (Wildman–Crippen LogP) is 3.14. The van der Waals surface area contributed by atoms with E-state index < -0.39 is 12.6 Å². The van der Waals surface area contributed by atoms with Gasteiger partial charge in [0.15, 0.2) is 0 Å². The number of aryl methyl sites for hydroxylation is 1. The van der Waals surface area contributed by atoms with Gasteiger partial charge < -0.3 is 9.88 Å². The van der Waals surface area contributed by atoms with E-state index in [1.54, 1.807) is 0 Å². The fourth-order valence-corrected chi connectivity index (χ4v) is 1.36. The molecule has 1 heterocycles. The zero-order chi connectivity index (χ0) is 12.3. The van der Waals surface area contributed by atoms with Crippen LogP contribution >= 0.6 is 0 Å². The number of imidazole rings is 1. The molecule has 1 aromatic heterocycles. The molecule has 0 radical (unpaired) electrons. The van der Waals surface area contributed by atoms with Crippen LogP contribution in [0.5, 0.6) is 0 Å². The van der Waals surface area contributed by atoms with Crippen LogP contribution in [0.25, 0.3) is 0 Å². The standard InChI is InChI=1S/C10H16F3N3/c1-7(2)16-6-8(3)15-9(16)14-5-4-10(11,12)13/h6-7H,4-5H2,1-3H3,(H,14,15). The third-order valence-electron chi connectivity index (χ3n) is 2.10. The Bertz CT molecular complexity index is 342. The maximum atomic E-state index is 12.0. The van der Waals surface area contributed by atoms with Gasteiger partial charge in [-0.2, -0.15) is 13.2 Å². The van der Waals surface area contributed by atoms with Gasteiger partial charge in [0, 0.05) is 18.8 Å². The van der Waals surface area contributed by atoms with Gasteiger partial charge in [0.2, 0.25) is 5.95 Å². The molecule has 0 fully saturated rings. The molecule has 1 rings (SSSR count). The van der Waals surface area contributed by atoms with E-state index in [0.29, 0.717) is 5.95 Å². The van der Waals surface area contributed by atoms with E-state index in [1.165, 1.54) is 0 Å². The average molecular weight is 235 g/mol. The molecule has 6 heteroatoms. The molecule has 0 aliphatic heterocycles. The monoisotopic (exact) mass is 235 g/mol. The van der Waals surface area contributed by atoms with Crippen molar-refractivity contribution in [3.05, 3.63) is 11.9 Å². The lowest BCUT2D eigenvalue weighted by molar-refractivity contribution is -0.131. The van der Waals surface area contributed by atoms with E-state index in [4.69, 9.17) is 0 Å². The van der Waals surface area contributed by atoms with Crippen LogP contribution in [-0.2, 0) is 0 Å². The van der Waals surface area contributed by atoms with E-state index in [1.807, 2.05) is 31.5 Å². The second-order valence-corrected chi connectivity index (χ2v) is 4.00. The maximum absolute atomic E-state index is 12.0. The second kappa shape index (κ2) is 4.76. The van der Waals surface area contributed by atoms with Gasteiger partial charge in [0.25, 0.3) is 0 Å². The summed E-state index contributed by atoms with van der Waals surface area (Å²) in [7, 11) is 0.